The molecule has 5 heteroatoms. The van der Waals surface area contributed by atoms with Crippen LogP contribution in [0.5, 0.6) is 0 Å². The van der Waals surface area contributed by atoms with Crippen LogP contribution in [0.15, 0.2) is 0 Å². The van der Waals surface area contributed by atoms with Gasteiger partial charge in [0.05, 0.1) is 50.8 Å². The average molecular weight is 354 g/mol. The van der Waals surface area contributed by atoms with Crippen molar-refractivity contribution < 1.29 is 23.7 Å². The summed E-state index contributed by atoms with van der Waals surface area (Å²) < 4.78 is 30.5. The summed E-state index contributed by atoms with van der Waals surface area (Å²) in [6.07, 6.45) is 7.22. The molecule has 0 bridgehead atoms. The van der Waals surface area contributed by atoms with Crippen molar-refractivity contribution in [3.8, 4) is 0 Å². The fraction of sp³-hybridized carbons (Fsp3) is 1.00. The largest absolute Gasteiger partial charge is 0.380 e. The number of ether oxygens (including phenoxy) is 5. The lowest BCUT2D eigenvalue weighted by molar-refractivity contribution is -0.283. The summed E-state index contributed by atoms with van der Waals surface area (Å²) in [5, 5.41) is 0. The fourth-order valence-electron chi connectivity index (χ4n) is 4.96. The second-order valence-corrected chi connectivity index (χ2v) is 8.50. The number of rotatable bonds is 8. The summed E-state index contributed by atoms with van der Waals surface area (Å²) in [7, 11) is 0. The minimum Gasteiger partial charge on any atom is -0.380 e. The van der Waals surface area contributed by atoms with Gasteiger partial charge in [-0.15, -0.1) is 0 Å². The van der Waals surface area contributed by atoms with Gasteiger partial charge in [-0.2, -0.15) is 0 Å². The van der Waals surface area contributed by atoms with E-state index in [1.54, 1.807) is 0 Å². The Morgan fingerprint density at radius 2 is 1.24 bits per heavy atom. The van der Waals surface area contributed by atoms with Crippen LogP contribution in [-0.4, -0.2) is 64.1 Å². The van der Waals surface area contributed by atoms with Crippen LogP contribution >= 0.6 is 0 Å². The van der Waals surface area contributed by atoms with Crippen molar-refractivity contribution in [2.45, 2.75) is 76.8 Å². The lowest BCUT2D eigenvalue weighted by Gasteiger charge is -2.54. The summed E-state index contributed by atoms with van der Waals surface area (Å²) in [4.78, 5) is 0. The summed E-state index contributed by atoms with van der Waals surface area (Å²) in [5.74, 6) is 0. The molecule has 4 heterocycles. The predicted octanol–water partition coefficient (Wildman–Crippen LogP) is 2.95. The van der Waals surface area contributed by atoms with Crippen LogP contribution in [-0.2, 0) is 23.7 Å². The Hall–Kier alpha value is -0.200. The molecule has 4 atom stereocenters. The van der Waals surface area contributed by atoms with Crippen molar-refractivity contribution in [1.82, 2.24) is 0 Å². The van der Waals surface area contributed by atoms with E-state index in [0.717, 1.165) is 78.2 Å². The third-order valence-electron chi connectivity index (χ3n) is 7.07. The first-order valence-corrected chi connectivity index (χ1v) is 10.3. The zero-order chi connectivity index (χ0) is 17.3. The summed E-state index contributed by atoms with van der Waals surface area (Å²) >= 11 is 0. The zero-order valence-electron chi connectivity index (χ0n) is 15.8. The van der Waals surface area contributed by atoms with Crippen molar-refractivity contribution in [2.75, 3.05) is 39.6 Å². The van der Waals surface area contributed by atoms with E-state index in [0.29, 0.717) is 0 Å². The molecular weight excluding hydrogens is 320 g/mol. The summed E-state index contributed by atoms with van der Waals surface area (Å²) in [6, 6.07) is 0. The smallest absolute Gasteiger partial charge is 0.0942 e. The highest BCUT2D eigenvalue weighted by molar-refractivity contribution is 5.02. The van der Waals surface area contributed by atoms with Crippen molar-refractivity contribution in [2.24, 2.45) is 10.8 Å². The van der Waals surface area contributed by atoms with E-state index in [1.165, 1.54) is 0 Å². The van der Waals surface area contributed by atoms with Crippen LogP contribution in [0.1, 0.15) is 52.4 Å². The van der Waals surface area contributed by atoms with Crippen LogP contribution in [0.2, 0.25) is 0 Å². The maximum atomic E-state index is 7.00. The van der Waals surface area contributed by atoms with Gasteiger partial charge in [-0.1, -0.05) is 13.8 Å². The standard InChI is InChI=1S/C20H34O5/c1-3-19(11-21-12-19)17(15-7-5-9-23-15)25-18(16-8-6-10-24-16)20(4-2)13-22-14-20/h15-18H,3-14H2,1-2H3. The lowest BCUT2D eigenvalue weighted by atomic mass is 9.72. The van der Waals surface area contributed by atoms with E-state index in [-0.39, 0.29) is 35.2 Å². The lowest BCUT2D eigenvalue weighted by Crippen LogP contribution is -2.63. The van der Waals surface area contributed by atoms with Crippen LogP contribution < -0.4 is 0 Å². The molecule has 0 aromatic rings. The van der Waals surface area contributed by atoms with E-state index < -0.39 is 0 Å². The van der Waals surface area contributed by atoms with Gasteiger partial charge in [0.1, 0.15) is 0 Å². The molecule has 0 N–H and O–H groups in total. The summed E-state index contributed by atoms with van der Waals surface area (Å²) in [5.41, 5.74) is 0.205. The highest BCUT2D eigenvalue weighted by atomic mass is 16.6. The first-order chi connectivity index (χ1) is 12.2. The fourth-order valence-corrected chi connectivity index (χ4v) is 4.96. The molecule has 4 fully saturated rings. The molecule has 0 aromatic heterocycles. The molecule has 4 rings (SSSR count). The Balaban J connectivity index is 1.58. The summed E-state index contributed by atoms with van der Waals surface area (Å²) in [6.45, 7) is 9.41. The molecule has 0 radical (unpaired) electrons. The van der Waals surface area contributed by atoms with Crippen molar-refractivity contribution >= 4 is 0 Å². The monoisotopic (exact) mass is 354 g/mol. The molecule has 4 aliphatic heterocycles. The molecule has 144 valence electrons. The predicted molar refractivity (Wildman–Crippen MR) is 93.7 cm³/mol. The molecule has 25 heavy (non-hydrogen) atoms. The Kier molecular flexibility index (Phi) is 5.40. The van der Waals surface area contributed by atoms with Crippen LogP contribution in [0.4, 0.5) is 0 Å². The van der Waals surface area contributed by atoms with Crippen molar-refractivity contribution in [3.05, 3.63) is 0 Å². The molecule has 0 aliphatic carbocycles. The van der Waals surface area contributed by atoms with Gasteiger partial charge in [0.2, 0.25) is 0 Å². The Morgan fingerprint density at radius 1 is 0.800 bits per heavy atom. The Morgan fingerprint density at radius 3 is 1.48 bits per heavy atom. The van der Waals surface area contributed by atoms with Gasteiger partial charge in [0, 0.05) is 24.0 Å². The van der Waals surface area contributed by atoms with E-state index in [9.17, 15) is 0 Å². The minimum atomic E-state index is 0.103. The third-order valence-corrected chi connectivity index (χ3v) is 7.07. The van der Waals surface area contributed by atoms with E-state index in [1.807, 2.05) is 0 Å². The Bertz CT molecular complexity index is 382. The molecule has 0 spiro atoms. The molecule has 5 nitrogen and oxygen atoms in total. The van der Waals surface area contributed by atoms with Gasteiger partial charge in [-0.3, -0.25) is 0 Å². The first-order valence-electron chi connectivity index (χ1n) is 10.3. The molecule has 4 aliphatic rings. The quantitative estimate of drug-likeness (QED) is 0.671. The van der Waals surface area contributed by atoms with Gasteiger partial charge in [0.15, 0.2) is 0 Å². The average Bonchev–Trinajstić information content (AvgIpc) is 3.24. The molecular formula is C20H34O5. The van der Waals surface area contributed by atoms with Crippen molar-refractivity contribution in [3.63, 3.8) is 0 Å². The maximum Gasteiger partial charge on any atom is 0.0942 e. The molecule has 4 unspecified atom stereocenters. The molecule has 4 saturated heterocycles. The van der Waals surface area contributed by atoms with E-state index in [2.05, 4.69) is 13.8 Å². The van der Waals surface area contributed by atoms with E-state index in [4.69, 9.17) is 23.7 Å². The second kappa shape index (κ2) is 7.43. The minimum absolute atomic E-state index is 0.103. The SMILES string of the molecule is CCC1(C(OC(C2CCCO2)C2(CC)COC2)C2CCCO2)COC1. The normalized spacial score (nSPS) is 35.8. The number of hydrogen-bond donors (Lipinski definition) is 0. The molecule has 0 amide bonds. The van der Waals surface area contributed by atoms with Crippen LogP contribution in [0.25, 0.3) is 0 Å². The highest BCUT2D eigenvalue weighted by Gasteiger charge is 2.55. The van der Waals surface area contributed by atoms with Crippen LogP contribution in [0, 0.1) is 10.8 Å². The molecule has 0 saturated carbocycles. The third kappa shape index (κ3) is 3.16. The van der Waals surface area contributed by atoms with Gasteiger partial charge in [0.25, 0.3) is 0 Å². The van der Waals surface area contributed by atoms with Gasteiger partial charge in [-0.05, 0) is 38.5 Å². The van der Waals surface area contributed by atoms with E-state index >= 15 is 0 Å². The molecule has 0 aromatic carbocycles. The second-order valence-electron chi connectivity index (χ2n) is 8.50. The number of hydrogen-bond acceptors (Lipinski definition) is 5. The van der Waals surface area contributed by atoms with Gasteiger partial charge >= 0.3 is 0 Å². The maximum absolute atomic E-state index is 7.00. The van der Waals surface area contributed by atoms with Gasteiger partial charge in [-0.25, -0.2) is 0 Å². The Labute approximate surface area is 151 Å². The van der Waals surface area contributed by atoms with Crippen LogP contribution in [0.3, 0.4) is 0 Å². The first kappa shape index (κ1) is 18.2. The van der Waals surface area contributed by atoms with Gasteiger partial charge < -0.3 is 23.7 Å². The zero-order valence-corrected chi connectivity index (χ0v) is 15.8. The highest BCUT2D eigenvalue weighted by Crippen LogP contribution is 2.47. The topological polar surface area (TPSA) is 46.2 Å². The van der Waals surface area contributed by atoms with Crippen molar-refractivity contribution in [1.29, 1.82) is 0 Å².